The van der Waals surface area contributed by atoms with Crippen molar-refractivity contribution in [3.05, 3.63) is 39.2 Å². The molecule has 29 heavy (non-hydrogen) atoms. The molecular weight excluding hydrogens is 394 g/mol. The van der Waals surface area contributed by atoms with Crippen molar-refractivity contribution in [2.24, 2.45) is 0 Å². The second-order valence-corrected chi connectivity index (χ2v) is 8.26. The highest BCUT2D eigenvalue weighted by Crippen LogP contribution is 2.35. The summed E-state index contributed by atoms with van der Waals surface area (Å²) in [6.45, 7) is 3.43. The maximum Gasteiger partial charge on any atom is 0.339 e. The molecule has 2 N–H and O–H groups in total. The number of carbonyl (C=O) groups is 2. The number of ether oxygens (including phenoxy) is 1. The molecule has 1 aliphatic carbocycles. The van der Waals surface area contributed by atoms with E-state index in [1.807, 2.05) is 19.2 Å². The minimum atomic E-state index is -1.07. The second-order valence-electron chi connectivity index (χ2n) is 7.28. The Labute approximate surface area is 172 Å². The summed E-state index contributed by atoms with van der Waals surface area (Å²) in [5, 5.41) is 12.6. The third kappa shape index (κ3) is 4.58. The minimum absolute atomic E-state index is 0.314. The molecule has 0 fully saturated rings. The molecule has 2 atom stereocenters. The number of fused-ring (bicyclic) bond motifs is 3. The summed E-state index contributed by atoms with van der Waals surface area (Å²) < 4.78 is 11.4. The molecule has 1 aromatic heterocycles. The van der Waals surface area contributed by atoms with E-state index in [0.717, 1.165) is 29.4 Å². The van der Waals surface area contributed by atoms with Crippen molar-refractivity contribution in [3.63, 3.8) is 0 Å². The van der Waals surface area contributed by atoms with E-state index in [0.29, 0.717) is 35.5 Å². The maximum absolute atomic E-state index is 12.6. The summed E-state index contributed by atoms with van der Waals surface area (Å²) in [5.74, 6) is -0.469. The summed E-state index contributed by atoms with van der Waals surface area (Å²) in [6, 6.07) is 2.64. The zero-order chi connectivity index (χ0) is 21.1. The van der Waals surface area contributed by atoms with Crippen molar-refractivity contribution in [3.8, 4) is 5.75 Å². The first-order chi connectivity index (χ1) is 13.8. The van der Waals surface area contributed by atoms with Gasteiger partial charge in [-0.2, -0.15) is 11.8 Å². The Morgan fingerprint density at radius 1 is 1.31 bits per heavy atom. The molecule has 8 heteroatoms. The number of carbonyl (C=O) groups excluding carboxylic acids is 1. The molecular formula is C21H25NO6S. The van der Waals surface area contributed by atoms with Crippen molar-refractivity contribution >= 4 is 34.6 Å². The molecule has 1 amide bonds. The Morgan fingerprint density at radius 2 is 2.03 bits per heavy atom. The van der Waals surface area contributed by atoms with E-state index in [-0.39, 0.29) is 5.63 Å². The zero-order valence-electron chi connectivity index (χ0n) is 16.7. The van der Waals surface area contributed by atoms with E-state index in [2.05, 4.69) is 5.32 Å². The van der Waals surface area contributed by atoms with Gasteiger partial charge in [-0.25, -0.2) is 9.59 Å². The molecule has 0 bridgehead atoms. The summed E-state index contributed by atoms with van der Waals surface area (Å²) in [4.78, 5) is 36.2. The lowest BCUT2D eigenvalue weighted by atomic mass is 10.0. The molecule has 7 nitrogen and oxygen atoms in total. The lowest BCUT2D eigenvalue weighted by Crippen LogP contribution is -2.46. The smallest absolute Gasteiger partial charge is 0.339 e. The van der Waals surface area contributed by atoms with Crippen molar-refractivity contribution < 1.29 is 23.8 Å². The fourth-order valence-electron chi connectivity index (χ4n) is 3.62. The van der Waals surface area contributed by atoms with Crippen LogP contribution in [-0.4, -0.2) is 41.1 Å². The van der Waals surface area contributed by atoms with Gasteiger partial charge in [-0.3, -0.25) is 4.79 Å². The van der Waals surface area contributed by atoms with Gasteiger partial charge in [0.2, 0.25) is 0 Å². The van der Waals surface area contributed by atoms with E-state index in [9.17, 15) is 19.5 Å². The first-order valence-corrected chi connectivity index (χ1v) is 11.0. The number of hydrogen-bond donors (Lipinski definition) is 2. The fraction of sp³-hybridized carbons (Fsp3) is 0.476. The van der Waals surface area contributed by atoms with E-state index in [1.165, 1.54) is 11.8 Å². The number of benzene rings is 1. The van der Waals surface area contributed by atoms with Crippen LogP contribution in [0.15, 0.2) is 21.3 Å². The highest BCUT2D eigenvalue weighted by Gasteiger charge is 2.26. The van der Waals surface area contributed by atoms with Crippen LogP contribution in [0.5, 0.6) is 5.75 Å². The quantitative estimate of drug-likeness (QED) is 0.634. The molecule has 1 aromatic carbocycles. The van der Waals surface area contributed by atoms with Crippen LogP contribution >= 0.6 is 11.8 Å². The highest BCUT2D eigenvalue weighted by atomic mass is 32.2. The van der Waals surface area contributed by atoms with Crippen LogP contribution in [0.25, 0.3) is 11.0 Å². The van der Waals surface area contributed by atoms with Crippen LogP contribution in [-0.2, 0) is 22.4 Å². The van der Waals surface area contributed by atoms with Gasteiger partial charge in [-0.1, -0.05) is 0 Å². The van der Waals surface area contributed by atoms with Gasteiger partial charge in [0.1, 0.15) is 17.4 Å². The van der Waals surface area contributed by atoms with Crippen LogP contribution in [0, 0.1) is 6.92 Å². The molecule has 1 aliphatic rings. The van der Waals surface area contributed by atoms with Gasteiger partial charge in [-0.05, 0) is 74.8 Å². The van der Waals surface area contributed by atoms with Crippen molar-refractivity contribution in [1.82, 2.24) is 5.32 Å². The van der Waals surface area contributed by atoms with Gasteiger partial charge >= 0.3 is 11.6 Å². The number of carboxylic acids is 1. The number of rotatable bonds is 8. The zero-order valence-corrected chi connectivity index (χ0v) is 17.6. The SMILES string of the molecule is CSCCC(NC(=O)C(C)Oc1cc(C)cc2oc(=O)c3c(c12)CCC3)C(=O)O. The highest BCUT2D eigenvalue weighted by molar-refractivity contribution is 7.98. The predicted molar refractivity (Wildman–Crippen MR) is 112 cm³/mol. The molecule has 0 spiro atoms. The largest absolute Gasteiger partial charge is 0.480 e. The summed E-state index contributed by atoms with van der Waals surface area (Å²) in [5.41, 5.74) is 2.56. The van der Waals surface area contributed by atoms with E-state index < -0.39 is 24.0 Å². The van der Waals surface area contributed by atoms with Crippen LogP contribution in [0.1, 0.15) is 36.5 Å². The number of hydrogen-bond acceptors (Lipinski definition) is 6. The van der Waals surface area contributed by atoms with E-state index >= 15 is 0 Å². The van der Waals surface area contributed by atoms with Gasteiger partial charge in [0.05, 0.1) is 5.39 Å². The number of nitrogens with one attached hydrogen (secondary N) is 1. The molecule has 0 aliphatic heterocycles. The monoisotopic (exact) mass is 419 g/mol. The number of aryl methyl sites for hydroxylation is 2. The summed E-state index contributed by atoms with van der Waals surface area (Å²) >= 11 is 1.52. The summed E-state index contributed by atoms with van der Waals surface area (Å²) in [6.07, 6.45) is 3.62. The van der Waals surface area contributed by atoms with Crippen LogP contribution < -0.4 is 15.7 Å². The third-order valence-electron chi connectivity index (χ3n) is 5.08. The Kier molecular flexibility index (Phi) is 6.52. The summed E-state index contributed by atoms with van der Waals surface area (Å²) in [7, 11) is 0. The lowest BCUT2D eigenvalue weighted by Gasteiger charge is -2.20. The molecule has 0 saturated carbocycles. The molecule has 0 saturated heterocycles. The molecule has 2 aromatic rings. The van der Waals surface area contributed by atoms with Crippen LogP contribution in [0.2, 0.25) is 0 Å². The van der Waals surface area contributed by atoms with Crippen molar-refractivity contribution in [1.29, 1.82) is 0 Å². The molecule has 1 heterocycles. The van der Waals surface area contributed by atoms with E-state index in [4.69, 9.17) is 9.15 Å². The van der Waals surface area contributed by atoms with Gasteiger partial charge in [-0.15, -0.1) is 0 Å². The lowest BCUT2D eigenvalue weighted by molar-refractivity contribution is -0.142. The standard InChI is InChI=1S/C21H25NO6S/c1-11-9-16(18-13-5-4-6-14(13)21(26)28-17(18)10-11)27-12(2)19(23)22-15(20(24)25)7-8-29-3/h9-10,12,15H,4-8H2,1-3H3,(H,22,23)(H,24,25). The Bertz CT molecular complexity index is 999. The average Bonchev–Trinajstić information content (AvgIpc) is 3.14. The van der Waals surface area contributed by atoms with Gasteiger partial charge in [0, 0.05) is 5.56 Å². The predicted octanol–water partition coefficient (Wildman–Crippen LogP) is 2.68. The minimum Gasteiger partial charge on any atom is -0.480 e. The molecule has 156 valence electrons. The number of aliphatic carboxylic acids is 1. The normalized spacial score (nSPS) is 15.0. The Morgan fingerprint density at radius 3 is 2.72 bits per heavy atom. The maximum atomic E-state index is 12.6. The first kappa shape index (κ1) is 21.2. The fourth-order valence-corrected chi connectivity index (χ4v) is 4.10. The van der Waals surface area contributed by atoms with Gasteiger partial charge in [0.25, 0.3) is 5.91 Å². The molecule has 3 rings (SSSR count). The Balaban J connectivity index is 1.87. The number of amides is 1. The Hall–Kier alpha value is -2.48. The second kappa shape index (κ2) is 8.90. The number of thioether (sulfide) groups is 1. The van der Waals surface area contributed by atoms with Crippen molar-refractivity contribution in [2.75, 3.05) is 12.0 Å². The average molecular weight is 419 g/mol. The van der Waals surface area contributed by atoms with Crippen LogP contribution in [0.4, 0.5) is 0 Å². The van der Waals surface area contributed by atoms with Crippen LogP contribution in [0.3, 0.4) is 0 Å². The number of carboxylic acid groups (broad SMARTS) is 1. The molecule has 0 radical (unpaired) electrons. The van der Waals surface area contributed by atoms with E-state index in [1.54, 1.807) is 13.0 Å². The third-order valence-corrected chi connectivity index (χ3v) is 5.72. The molecule has 2 unspecified atom stereocenters. The van der Waals surface area contributed by atoms with Gasteiger partial charge < -0.3 is 19.6 Å². The topological polar surface area (TPSA) is 106 Å². The van der Waals surface area contributed by atoms with Crippen molar-refractivity contribution in [2.45, 2.75) is 51.7 Å². The van der Waals surface area contributed by atoms with Gasteiger partial charge in [0.15, 0.2) is 6.10 Å². The first-order valence-electron chi connectivity index (χ1n) is 9.59.